The first-order valence-corrected chi connectivity index (χ1v) is 4.71. The molecule has 0 radical (unpaired) electrons. The molecule has 88 valence electrons. The zero-order valence-corrected chi connectivity index (χ0v) is 8.64. The van der Waals surface area contributed by atoms with Crippen molar-refractivity contribution in [1.29, 1.82) is 0 Å². The molecule has 1 N–H and O–H groups in total. The highest BCUT2D eigenvalue weighted by molar-refractivity contribution is 5.68. The highest BCUT2D eigenvalue weighted by atomic mass is 19.2. The summed E-state index contributed by atoms with van der Waals surface area (Å²) < 4.78 is 38.7. The van der Waals surface area contributed by atoms with Crippen LogP contribution in [0, 0.1) is 11.6 Å². The largest absolute Gasteiger partial charge is 0.481 e. The Hall–Kier alpha value is -1.52. The first-order chi connectivity index (χ1) is 7.45. The van der Waals surface area contributed by atoms with Crippen molar-refractivity contribution in [3.05, 3.63) is 34.9 Å². The lowest BCUT2D eigenvalue weighted by Gasteiger charge is -2.12. The fourth-order valence-corrected chi connectivity index (χ4v) is 1.48. The van der Waals surface area contributed by atoms with Gasteiger partial charge in [0, 0.05) is 0 Å². The lowest BCUT2D eigenvalue weighted by Crippen LogP contribution is -2.07. The minimum Gasteiger partial charge on any atom is -0.481 e. The SMILES string of the molecule is CC(CC(=O)O)c1cc(CF)cc(F)c1F. The van der Waals surface area contributed by atoms with E-state index < -0.39 is 30.2 Å². The first-order valence-electron chi connectivity index (χ1n) is 4.71. The van der Waals surface area contributed by atoms with E-state index in [1.165, 1.54) is 6.92 Å². The van der Waals surface area contributed by atoms with Gasteiger partial charge >= 0.3 is 5.97 Å². The molecule has 16 heavy (non-hydrogen) atoms. The molecule has 1 aromatic carbocycles. The van der Waals surface area contributed by atoms with E-state index in [-0.39, 0.29) is 17.5 Å². The molecule has 2 nitrogen and oxygen atoms in total. The molecule has 0 heterocycles. The molecule has 0 saturated heterocycles. The highest BCUT2D eigenvalue weighted by Gasteiger charge is 2.18. The van der Waals surface area contributed by atoms with Crippen LogP contribution < -0.4 is 0 Å². The lowest BCUT2D eigenvalue weighted by atomic mass is 9.95. The number of benzene rings is 1. The third kappa shape index (κ3) is 2.74. The van der Waals surface area contributed by atoms with E-state index >= 15 is 0 Å². The average Bonchev–Trinajstić information content (AvgIpc) is 2.20. The van der Waals surface area contributed by atoms with Crippen molar-refractivity contribution in [2.24, 2.45) is 0 Å². The Balaban J connectivity index is 3.10. The summed E-state index contributed by atoms with van der Waals surface area (Å²) in [5.74, 6) is -4.07. The molecular formula is C11H11F3O2. The summed E-state index contributed by atoms with van der Waals surface area (Å²) in [6.45, 7) is 0.540. The van der Waals surface area contributed by atoms with E-state index in [9.17, 15) is 18.0 Å². The molecule has 1 rings (SSSR count). The highest BCUT2D eigenvalue weighted by Crippen LogP contribution is 2.25. The Morgan fingerprint density at radius 3 is 2.56 bits per heavy atom. The van der Waals surface area contributed by atoms with Crippen molar-refractivity contribution in [3.8, 4) is 0 Å². The van der Waals surface area contributed by atoms with Gasteiger partial charge in [-0.1, -0.05) is 6.92 Å². The normalized spacial score (nSPS) is 12.5. The molecule has 0 saturated carbocycles. The zero-order chi connectivity index (χ0) is 12.3. The summed E-state index contributed by atoms with van der Waals surface area (Å²) in [7, 11) is 0. The second-order valence-corrected chi connectivity index (χ2v) is 3.61. The Kier molecular flexibility index (Phi) is 3.93. The van der Waals surface area contributed by atoms with E-state index in [0.717, 1.165) is 12.1 Å². The number of alkyl halides is 1. The number of carboxylic acid groups (broad SMARTS) is 1. The Bertz CT molecular complexity index is 404. The minimum absolute atomic E-state index is 0.00568. The second kappa shape index (κ2) is 5.01. The van der Waals surface area contributed by atoms with Crippen LogP contribution in [0.2, 0.25) is 0 Å². The van der Waals surface area contributed by atoms with E-state index in [1.807, 2.05) is 0 Å². The Morgan fingerprint density at radius 2 is 2.06 bits per heavy atom. The van der Waals surface area contributed by atoms with Crippen LogP contribution in [0.3, 0.4) is 0 Å². The van der Waals surface area contributed by atoms with Crippen LogP contribution in [0.4, 0.5) is 13.2 Å². The van der Waals surface area contributed by atoms with Gasteiger partial charge in [-0.05, 0) is 29.2 Å². The van der Waals surface area contributed by atoms with Gasteiger partial charge in [0.15, 0.2) is 11.6 Å². The number of hydrogen-bond donors (Lipinski definition) is 1. The maximum absolute atomic E-state index is 13.3. The van der Waals surface area contributed by atoms with Crippen molar-refractivity contribution in [1.82, 2.24) is 0 Å². The summed E-state index contributed by atoms with van der Waals surface area (Å²) in [5.41, 5.74) is -0.0961. The molecule has 0 spiro atoms. The molecular weight excluding hydrogens is 221 g/mol. The van der Waals surface area contributed by atoms with Crippen molar-refractivity contribution >= 4 is 5.97 Å². The number of carbonyl (C=O) groups is 1. The van der Waals surface area contributed by atoms with Crippen molar-refractivity contribution in [2.45, 2.75) is 25.9 Å². The zero-order valence-electron chi connectivity index (χ0n) is 8.64. The standard InChI is InChI=1S/C11H11F3O2/c1-6(2-10(15)16)8-3-7(5-12)4-9(13)11(8)14/h3-4,6H,2,5H2,1H3,(H,15,16). The van der Waals surface area contributed by atoms with Gasteiger partial charge in [0.1, 0.15) is 6.67 Å². The Morgan fingerprint density at radius 1 is 1.44 bits per heavy atom. The van der Waals surface area contributed by atoms with Crippen molar-refractivity contribution in [2.75, 3.05) is 0 Å². The molecule has 0 bridgehead atoms. The molecule has 0 amide bonds. The van der Waals surface area contributed by atoms with Crippen LogP contribution >= 0.6 is 0 Å². The maximum atomic E-state index is 13.3. The fourth-order valence-electron chi connectivity index (χ4n) is 1.48. The van der Waals surface area contributed by atoms with Gasteiger partial charge in [0.25, 0.3) is 0 Å². The van der Waals surface area contributed by atoms with E-state index in [0.29, 0.717) is 0 Å². The maximum Gasteiger partial charge on any atom is 0.303 e. The quantitative estimate of drug-likeness (QED) is 0.866. The summed E-state index contributed by atoms with van der Waals surface area (Å²) in [6, 6.07) is 1.93. The molecule has 1 unspecified atom stereocenters. The smallest absolute Gasteiger partial charge is 0.303 e. The van der Waals surface area contributed by atoms with Crippen LogP contribution in [0.15, 0.2) is 12.1 Å². The third-order valence-corrected chi connectivity index (χ3v) is 2.28. The molecule has 0 aliphatic rings. The van der Waals surface area contributed by atoms with Crippen LogP contribution in [0.25, 0.3) is 0 Å². The summed E-state index contributed by atoms with van der Waals surface area (Å²) in [5, 5.41) is 8.54. The van der Waals surface area contributed by atoms with Gasteiger partial charge in [0.05, 0.1) is 6.42 Å². The summed E-state index contributed by atoms with van der Waals surface area (Å²) in [6.07, 6.45) is -0.327. The van der Waals surface area contributed by atoms with Gasteiger partial charge in [-0.15, -0.1) is 0 Å². The van der Waals surface area contributed by atoms with Gasteiger partial charge in [-0.3, -0.25) is 4.79 Å². The molecule has 5 heteroatoms. The second-order valence-electron chi connectivity index (χ2n) is 3.61. The van der Waals surface area contributed by atoms with Crippen LogP contribution in [-0.4, -0.2) is 11.1 Å². The third-order valence-electron chi connectivity index (χ3n) is 2.28. The van der Waals surface area contributed by atoms with Crippen molar-refractivity contribution in [3.63, 3.8) is 0 Å². The predicted octanol–water partition coefficient (Wildman–Crippen LogP) is 3.01. The fraction of sp³-hybridized carbons (Fsp3) is 0.364. The molecule has 1 aromatic rings. The number of carboxylic acids is 1. The Labute approximate surface area is 90.7 Å². The van der Waals surface area contributed by atoms with Gasteiger partial charge in [-0.25, -0.2) is 13.2 Å². The van der Waals surface area contributed by atoms with Crippen LogP contribution in [0.5, 0.6) is 0 Å². The summed E-state index contributed by atoms with van der Waals surface area (Å²) >= 11 is 0. The summed E-state index contributed by atoms with van der Waals surface area (Å²) in [4.78, 5) is 10.4. The topological polar surface area (TPSA) is 37.3 Å². The van der Waals surface area contributed by atoms with E-state index in [1.54, 1.807) is 0 Å². The van der Waals surface area contributed by atoms with Gasteiger partial charge < -0.3 is 5.11 Å². The molecule has 0 aromatic heterocycles. The number of halogens is 3. The van der Waals surface area contributed by atoms with Gasteiger partial charge in [-0.2, -0.15) is 0 Å². The van der Waals surface area contributed by atoms with Crippen LogP contribution in [0.1, 0.15) is 30.4 Å². The average molecular weight is 232 g/mol. The first kappa shape index (κ1) is 12.5. The van der Waals surface area contributed by atoms with Gasteiger partial charge in [0.2, 0.25) is 0 Å². The number of aliphatic carboxylic acids is 1. The molecule has 0 aliphatic carbocycles. The predicted molar refractivity (Wildman–Crippen MR) is 51.8 cm³/mol. The van der Waals surface area contributed by atoms with Crippen LogP contribution in [-0.2, 0) is 11.5 Å². The number of hydrogen-bond acceptors (Lipinski definition) is 1. The minimum atomic E-state index is -1.15. The molecule has 1 atom stereocenters. The lowest BCUT2D eigenvalue weighted by molar-refractivity contribution is -0.137. The number of rotatable bonds is 4. The molecule has 0 fully saturated rings. The van der Waals surface area contributed by atoms with E-state index in [2.05, 4.69) is 0 Å². The monoisotopic (exact) mass is 232 g/mol. The van der Waals surface area contributed by atoms with E-state index in [4.69, 9.17) is 5.11 Å². The van der Waals surface area contributed by atoms with Crippen molar-refractivity contribution < 1.29 is 23.1 Å². The molecule has 0 aliphatic heterocycles.